The number of hydrogen-bond acceptors (Lipinski definition) is 8. The molecule has 66 heavy (non-hydrogen) atoms. The first-order valence-electron chi connectivity index (χ1n) is 25.9. The van der Waals surface area contributed by atoms with Crippen LogP contribution in [0.5, 0.6) is 0 Å². The molecule has 0 amide bonds. The second-order valence-corrected chi connectivity index (χ2v) is 19.6. The fraction of sp³-hybridized carbons (Fsp3) is 0.679. The number of likely N-dealkylation sites (N-methyl/N-ethyl adjacent to an activating group) is 1. The minimum atomic E-state index is -4.66. The van der Waals surface area contributed by atoms with Gasteiger partial charge in [0, 0.05) is 6.42 Å². The zero-order valence-electron chi connectivity index (χ0n) is 42.6. The number of phosphoric acid groups is 1. The Morgan fingerprint density at radius 2 is 0.909 bits per heavy atom. The summed E-state index contributed by atoms with van der Waals surface area (Å²) in [5.41, 5.74) is 0. The summed E-state index contributed by atoms with van der Waals surface area (Å²) in [5, 5.41) is 0. The van der Waals surface area contributed by atoms with Crippen LogP contribution >= 0.6 is 7.82 Å². The van der Waals surface area contributed by atoms with E-state index in [0.29, 0.717) is 23.9 Å². The van der Waals surface area contributed by atoms with E-state index in [4.69, 9.17) is 18.5 Å². The molecular formula is C56H96NO8P. The highest BCUT2D eigenvalue weighted by atomic mass is 31.2. The number of allylic oxidation sites excluding steroid dienone is 15. The van der Waals surface area contributed by atoms with Crippen molar-refractivity contribution in [2.24, 2.45) is 0 Å². The number of unbranched alkanes of at least 4 members (excludes halogenated alkanes) is 17. The molecule has 10 heteroatoms. The lowest BCUT2D eigenvalue weighted by atomic mass is 10.0. The first-order valence-corrected chi connectivity index (χ1v) is 27.4. The molecule has 0 rings (SSSR count). The Labute approximate surface area is 404 Å². The summed E-state index contributed by atoms with van der Waals surface area (Å²) in [6, 6.07) is 0. The summed E-state index contributed by atoms with van der Waals surface area (Å²) in [6.45, 7) is 3.98. The molecule has 0 aliphatic rings. The number of carbonyl (C=O) groups excluding carboxylic acids is 2. The van der Waals surface area contributed by atoms with E-state index < -0.39 is 32.5 Å². The minimum Gasteiger partial charge on any atom is -0.756 e. The van der Waals surface area contributed by atoms with Crippen LogP contribution in [0.4, 0.5) is 0 Å². The van der Waals surface area contributed by atoms with Crippen LogP contribution in [-0.2, 0) is 32.7 Å². The third-order valence-corrected chi connectivity index (χ3v) is 11.6. The lowest BCUT2D eigenvalue weighted by molar-refractivity contribution is -0.870. The van der Waals surface area contributed by atoms with Gasteiger partial charge in [-0.15, -0.1) is 0 Å². The second kappa shape index (κ2) is 47.0. The summed E-state index contributed by atoms with van der Waals surface area (Å²) < 4.78 is 33.9. The van der Waals surface area contributed by atoms with Crippen molar-refractivity contribution >= 4 is 19.8 Å². The van der Waals surface area contributed by atoms with E-state index in [1.165, 1.54) is 96.3 Å². The fourth-order valence-electron chi connectivity index (χ4n) is 6.62. The maximum absolute atomic E-state index is 12.7. The van der Waals surface area contributed by atoms with Gasteiger partial charge in [-0.05, 0) is 77.0 Å². The summed E-state index contributed by atoms with van der Waals surface area (Å²) in [5.74, 6) is -0.989. The molecule has 0 N–H and O–H groups in total. The molecule has 0 aromatic carbocycles. The standard InChI is InChI=1S/C56H96NO8P/c1-6-8-10-12-14-16-18-20-22-23-24-25-26-27-28-29-30-31-32-33-35-36-38-40-42-44-46-48-55(58)62-52-54(53-64-66(60,61)63-51-50-57(3,4)5)65-56(59)49-47-45-43-41-39-37-34-21-19-17-15-13-11-9-7-2/h9,11,15,17-18,20-21,23-24,26-27,34,39,41,45,47,54H,6-8,10,12-14,16,19,22,25,28-33,35-38,40,42-44,46,48-53H2,1-5H3/b11-9-,17-15-,20-18-,24-23-,27-26-,34-21-,41-39-,47-45-. The Kier molecular flexibility index (Phi) is 44.8. The topological polar surface area (TPSA) is 111 Å². The summed E-state index contributed by atoms with van der Waals surface area (Å²) in [7, 11) is 1.10. The molecule has 0 spiro atoms. The Hall–Kier alpha value is -3.07. The van der Waals surface area contributed by atoms with Crippen LogP contribution in [0.3, 0.4) is 0 Å². The zero-order valence-corrected chi connectivity index (χ0v) is 43.5. The van der Waals surface area contributed by atoms with E-state index in [1.807, 2.05) is 33.3 Å². The van der Waals surface area contributed by atoms with Gasteiger partial charge < -0.3 is 27.9 Å². The monoisotopic (exact) mass is 942 g/mol. The fourth-order valence-corrected chi connectivity index (χ4v) is 7.35. The van der Waals surface area contributed by atoms with Gasteiger partial charge in [0.25, 0.3) is 7.82 Å². The smallest absolute Gasteiger partial charge is 0.310 e. The van der Waals surface area contributed by atoms with Gasteiger partial charge in [0.05, 0.1) is 34.2 Å². The molecule has 0 aromatic rings. The van der Waals surface area contributed by atoms with E-state index in [-0.39, 0.29) is 26.1 Å². The van der Waals surface area contributed by atoms with Crippen molar-refractivity contribution in [2.45, 2.75) is 200 Å². The predicted molar refractivity (Wildman–Crippen MR) is 277 cm³/mol. The van der Waals surface area contributed by atoms with Gasteiger partial charge >= 0.3 is 11.9 Å². The molecular weight excluding hydrogens is 846 g/mol. The van der Waals surface area contributed by atoms with Crippen molar-refractivity contribution in [3.05, 3.63) is 97.2 Å². The quantitative estimate of drug-likeness (QED) is 0.0195. The maximum Gasteiger partial charge on any atom is 0.310 e. The first-order chi connectivity index (χ1) is 32.0. The molecule has 0 aliphatic carbocycles. The predicted octanol–water partition coefficient (Wildman–Crippen LogP) is 15.1. The van der Waals surface area contributed by atoms with Crippen LogP contribution in [0.1, 0.15) is 194 Å². The molecule has 2 unspecified atom stereocenters. The van der Waals surface area contributed by atoms with Crippen LogP contribution < -0.4 is 4.89 Å². The molecule has 0 aromatic heterocycles. The molecule has 0 bridgehead atoms. The second-order valence-electron chi connectivity index (χ2n) is 18.2. The van der Waals surface area contributed by atoms with Crippen molar-refractivity contribution in [1.82, 2.24) is 0 Å². The molecule has 0 aliphatic heterocycles. The van der Waals surface area contributed by atoms with E-state index in [0.717, 1.165) is 57.8 Å². The highest BCUT2D eigenvalue weighted by Gasteiger charge is 2.21. The Balaban J connectivity index is 4.26. The minimum absolute atomic E-state index is 0.0121. The van der Waals surface area contributed by atoms with Gasteiger partial charge in [0.2, 0.25) is 0 Å². The number of esters is 2. The van der Waals surface area contributed by atoms with E-state index >= 15 is 0 Å². The third-order valence-electron chi connectivity index (χ3n) is 10.6. The number of nitrogens with zero attached hydrogens (tertiary/aromatic N) is 1. The Morgan fingerprint density at radius 1 is 0.500 bits per heavy atom. The summed E-state index contributed by atoms with van der Waals surface area (Å²) in [4.78, 5) is 37.6. The average molecular weight is 942 g/mol. The van der Waals surface area contributed by atoms with Gasteiger partial charge in [-0.2, -0.15) is 0 Å². The van der Waals surface area contributed by atoms with Crippen molar-refractivity contribution < 1.29 is 42.1 Å². The highest BCUT2D eigenvalue weighted by Crippen LogP contribution is 2.38. The average Bonchev–Trinajstić information content (AvgIpc) is 3.27. The van der Waals surface area contributed by atoms with Crippen LogP contribution in [0.25, 0.3) is 0 Å². The van der Waals surface area contributed by atoms with Crippen LogP contribution in [0, 0.1) is 0 Å². The first kappa shape index (κ1) is 62.9. The number of ether oxygens (including phenoxy) is 2. The number of hydrogen-bond donors (Lipinski definition) is 0. The number of phosphoric ester groups is 1. The van der Waals surface area contributed by atoms with Crippen LogP contribution in [-0.4, -0.2) is 70.0 Å². The number of rotatable bonds is 46. The van der Waals surface area contributed by atoms with E-state index in [9.17, 15) is 19.0 Å². The van der Waals surface area contributed by atoms with Gasteiger partial charge in [0.1, 0.15) is 19.8 Å². The van der Waals surface area contributed by atoms with Crippen molar-refractivity contribution in [1.29, 1.82) is 0 Å². The molecule has 0 radical (unpaired) electrons. The molecule has 2 atom stereocenters. The van der Waals surface area contributed by atoms with Gasteiger partial charge in [-0.25, -0.2) is 0 Å². The van der Waals surface area contributed by atoms with Crippen LogP contribution in [0.15, 0.2) is 97.2 Å². The molecule has 0 saturated heterocycles. The van der Waals surface area contributed by atoms with Gasteiger partial charge in [0.15, 0.2) is 6.10 Å². The molecule has 9 nitrogen and oxygen atoms in total. The molecule has 378 valence electrons. The lowest BCUT2D eigenvalue weighted by Crippen LogP contribution is -2.37. The maximum atomic E-state index is 12.7. The Morgan fingerprint density at radius 3 is 1.36 bits per heavy atom. The molecule has 0 saturated carbocycles. The molecule has 0 fully saturated rings. The highest BCUT2D eigenvalue weighted by molar-refractivity contribution is 7.45. The number of quaternary nitrogens is 1. The van der Waals surface area contributed by atoms with E-state index in [1.54, 1.807) is 6.08 Å². The van der Waals surface area contributed by atoms with Crippen LogP contribution in [0.2, 0.25) is 0 Å². The lowest BCUT2D eigenvalue weighted by Gasteiger charge is -2.28. The summed E-state index contributed by atoms with van der Waals surface area (Å²) >= 11 is 0. The van der Waals surface area contributed by atoms with Gasteiger partial charge in [-0.1, -0.05) is 201 Å². The SMILES string of the molecule is CC/C=C\C/C=C\C/C=C\C/C=C\C/C=C\CC(=O)OC(COC(=O)CCCCCCCCCCCCCC/C=C\C/C=C\C/C=C\CCCCCCC)COP(=O)([O-])OCC[N+](C)(C)C. The van der Waals surface area contributed by atoms with Crippen molar-refractivity contribution in [2.75, 3.05) is 47.5 Å². The molecule has 0 heterocycles. The number of carbonyl (C=O) groups is 2. The van der Waals surface area contributed by atoms with Gasteiger partial charge in [-0.3, -0.25) is 14.2 Å². The zero-order chi connectivity index (χ0) is 48.5. The Bertz CT molecular complexity index is 1440. The normalized spacial score (nSPS) is 14.2. The largest absolute Gasteiger partial charge is 0.756 e. The third kappa shape index (κ3) is 50.3. The van der Waals surface area contributed by atoms with Crippen molar-refractivity contribution in [3.63, 3.8) is 0 Å². The summed E-state index contributed by atoms with van der Waals surface area (Å²) in [6.07, 6.45) is 63.4. The van der Waals surface area contributed by atoms with E-state index in [2.05, 4.69) is 92.8 Å². The van der Waals surface area contributed by atoms with Crippen molar-refractivity contribution in [3.8, 4) is 0 Å².